The molecule has 2 amide bonds. The molecule has 1 aliphatic rings. The first kappa shape index (κ1) is 18.2. The van der Waals surface area contributed by atoms with E-state index < -0.39 is 24.7 Å². The predicted molar refractivity (Wildman–Crippen MR) is 78.5 cm³/mol. The second kappa shape index (κ2) is 7.19. The van der Waals surface area contributed by atoms with Gasteiger partial charge in [-0.1, -0.05) is 12.1 Å². The summed E-state index contributed by atoms with van der Waals surface area (Å²) >= 11 is 0. The molecule has 132 valence electrons. The Kier molecular flexibility index (Phi) is 5.46. The van der Waals surface area contributed by atoms with Crippen molar-refractivity contribution in [3.05, 3.63) is 35.6 Å². The molecule has 1 aromatic carbocycles. The minimum Gasteiger partial charge on any atom is -0.334 e. The van der Waals surface area contributed by atoms with Crippen LogP contribution in [-0.4, -0.2) is 54.0 Å². The Morgan fingerprint density at radius 1 is 1.29 bits per heavy atom. The number of carbonyl (C=O) groups excluding carboxylic acids is 2. The lowest BCUT2D eigenvalue weighted by Gasteiger charge is -2.24. The van der Waals surface area contributed by atoms with E-state index >= 15 is 0 Å². The molecule has 0 radical (unpaired) electrons. The molecule has 0 aliphatic carbocycles. The van der Waals surface area contributed by atoms with Gasteiger partial charge in [-0.3, -0.25) is 9.59 Å². The fourth-order valence-corrected chi connectivity index (χ4v) is 2.71. The van der Waals surface area contributed by atoms with Crippen LogP contribution >= 0.6 is 0 Å². The highest BCUT2D eigenvalue weighted by Crippen LogP contribution is 2.23. The average molecular weight is 346 g/mol. The molecule has 1 aliphatic heterocycles. The van der Waals surface area contributed by atoms with Gasteiger partial charge in [0.15, 0.2) is 0 Å². The Morgan fingerprint density at radius 2 is 1.92 bits per heavy atom. The van der Waals surface area contributed by atoms with Gasteiger partial charge in [0.05, 0.1) is 0 Å². The molecule has 0 aromatic heterocycles. The number of hydrogen-bond acceptors (Lipinski definition) is 2. The largest absolute Gasteiger partial charge is 0.406 e. The first-order valence-electron chi connectivity index (χ1n) is 7.53. The van der Waals surface area contributed by atoms with Crippen LogP contribution in [-0.2, 0) is 16.0 Å². The maximum absolute atomic E-state index is 12.8. The highest BCUT2D eigenvalue weighted by molar-refractivity contribution is 5.89. The van der Waals surface area contributed by atoms with Crippen molar-refractivity contribution in [1.29, 1.82) is 0 Å². The van der Waals surface area contributed by atoms with Crippen molar-refractivity contribution in [1.82, 2.24) is 9.80 Å². The Hall–Kier alpha value is -2.12. The van der Waals surface area contributed by atoms with Gasteiger partial charge in [0.1, 0.15) is 18.4 Å². The summed E-state index contributed by atoms with van der Waals surface area (Å²) < 4.78 is 50.0. The number of benzene rings is 1. The Labute approximate surface area is 137 Å². The average Bonchev–Trinajstić information content (AvgIpc) is 2.85. The van der Waals surface area contributed by atoms with Crippen LogP contribution in [0.2, 0.25) is 0 Å². The summed E-state index contributed by atoms with van der Waals surface area (Å²) in [6, 6.07) is 4.86. The number of likely N-dealkylation sites (tertiary alicyclic amines) is 1. The van der Waals surface area contributed by atoms with Crippen LogP contribution in [0.4, 0.5) is 17.6 Å². The molecule has 24 heavy (non-hydrogen) atoms. The lowest BCUT2D eigenvalue weighted by atomic mass is 10.1. The maximum Gasteiger partial charge on any atom is 0.406 e. The third-order valence-corrected chi connectivity index (χ3v) is 4.04. The molecule has 1 atom stereocenters. The first-order chi connectivity index (χ1) is 11.2. The Balaban J connectivity index is 1.89. The Bertz CT molecular complexity index is 601. The summed E-state index contributed by atoms with van der Waals surface area (Å²) in [6.07, 6.45) is -3.79. The molecule has 2 rings (SSSR count). The molecule has 8 heteroatoms. The van der Waals surface area contributed by atoms with Gasteiger partial charge in [0.2, 0.25) is 11.8 Å². The van der Waals surface area contributed by atoms with E-state index in [2.05, 4.69) is 0 Å². The molecule has 0 saturated carbocycles. The molecule has 0 spiro atoms. The molecule has 0 N–H and O–H groups in total. The third-order valence-electron chi connectivity index (χ3n) is 4.04. The summed E-state index contributed by atoms with van der Waals surface area (Å²) in [6.45, 7) is -1.31. The van der Waals surface area contributed by atoms with Crippen molar-refractivity contribution >= 4 is 11.8 Å². The number of hydrogen-bond donors (Lipinski definition) is 0. The molecule has 0 bridgehead atoms. The van der Waals surface area contributed by atoms with Crippen LogP contribution in [0.5, 0.6) is 0 Å². The summed E-state index contributed by atoms with van der Waals surface area (Å²) in [5.74, 6) is -1.38. The fraction of sp³-hybridized carbons (Fsp3) is 0.500. The van der Waals surface area contributed by atoms with E-state index in [0.29, 0.717) is 6.42 Å². The van der Waals surface area contributed by atoms with Crippen molar-refractivity contribution in [3.8, 4) is 0 Å². The smallest absolute Gasteiger partial charge is 0.334 e. The number of alkyl halides is 3. The van der Waals surface area contributed by atoms with Gasteiger partial charge < -0.3 is 9.80 Å². The van der Waals surface area contributed by atoms with Crippen LogP contribution in [0.3, 0.4) is 0 Å². The van der Waals surface area contributed by atoms with Crippen LogP contribution in [0.15, 0.2) is 24.3 Å². The number of rotatable bonds is 5. The van der Waals surface area contributed by atoms with Crippen molar-refractivity contribution in [3.63, 3.8) is 0 Å². The van der Waals surface area contributed by atoms with Gasteiger partial charge in [-0.05, 0) is 30.5 Å². The standard InChI is InChI=1S/C16H18F4N2O2/c1-21(13-8-9-22(15(13)24)10-16(18,19)20)14(23)7-4-11-2-5-12(17)6-3-11/h2-3,5-6,13H,4,7-10H2,1H3/t13-/m1/s1. The van der Waals surface area contributed by atoms with Crippen LogP contribution in [0.25, 0.3) is 0 Å². The van der Waals surface area contributed by atoms with Gasteiger partial charge in [-0.2, -0.15) is 13.2 Å². The number of amides is 2. The third kappa shape index (κ3) is 4.69. The highest BCUT2D eigenvalue weighted by Gasteiger charge is 2.41. The summed E-state index contributed by atoms with van der Waals surface area (Å²) in [4.78, 5) is 26.1. The topological polar surface area (TPSA) is 40.6 Å². The lowest BCUT2D eigenvalue weighted by Crippen LogP contribution is -2.44. The van der Waals surface area contributed by atoms with Crippen molar-refractivity contribution in [2.24, 2.45) is 0 Å². The minimum absolute atomic E-state index is 0.0153. The monoisotopic (exact) mass is 346 g/mol. The molecule has 1 aromatic rings. The van der Waals surface area contributed by atoms with E-state index in [-0.39, 0.29) is 31.1 Å². The van der Waals surface area contributed by atoms with E-state index in [9.17, 15) is 27.2 Å². The number of aryl methyl sites for hydroxylation is 1. The number of carbonyl (C=O) groups is 2. The number of likely N-dealkylation sites (N-methyl/N-ethyl adjacent to an activating group) is 1. The van der Waals surface area contributed by atoms with Crippen LogP contribution in [0.1, 0.15) is 18.4 Å². The maximum atomic E-state index is 12.8. The molecular formula is C16H18F4N2O2. The summed E-state index contributed by atoms with van der Waals surface area (Å²) in [5.41, 5.74) is 0.773. The SMILES string of the molecule is CN(C(=O)CCc1ccc(F)cc1)[C@@H]1CCN(CC(F)(F)F)C1=O. The number of nitrogens with zero attached hydrogens (tertiary/aromatic N) is 2. The summed E-state index contributed by atoms with van der Waals surface area (Å²) in [5, 5.41) is 0. The molecular weight excluding hydrogens is 328 g/mol. The van der Waals surface area contributed by atoms with E-state index in [0.717, 1.165) is 10.5 Å². The zero-order chi connectivity index (χ0) is 17.9. The number of halogens is 4. The van der Waals surface area contributed by atoms with Crippen molar-refractivity contribution in [2.75, 3.05) is 20.1 Å². The van der Waals surface area contributed by atoms with Gasteiger partial charge in [-0.15, -0.1) is 0 Å². The van der Waals surface area contributed by atoms with Gasteiger partial charge in [-0.25, -0.2) is 4.39 Å². The normalized spacial score (nSPS) is 18.1. The molecule has 1 fully saturated rings. The first-order valence-corrected chi connectivity index (χ1v) is 7.53. The van der Waals surface area contributed by atoms with E-state index in [1.54, 1.807) is 12.1 Å². The fourth-order valence-electron chi connectivity index (χ4n) is 2.71. The highest BCUT2D eigenvalue weighted by atomic mass is 19.4. The van der Waals surface area contributed by atoms with E-state index in [4.69, 9.17) is 0 Å². The zero-order valence-corrected chi connectivity index (χ0v) is 13.1. The molecule has 0 unspecified atom stereocenters. The molecule has 4 nitrogen and oxygen atoms in total. The quantitative estimate of drug-likeness (QED) is 0.768. The lowest BCUT2D eigenvalue weighted by molar-refractivity contribution is -0.159. The van der Waals surface area contributed by atoms with Crippen LogP contribution in [0, 0.1) is 5.82 Å². The van der Waals surface area contributed by atoms with Crippen LogP contribution < -0.4 is 0 Å². The minimum atomic E-state index is -4.45. The van der Waals surface area contributed by atoms with E-state index in [1.165, 1.54) is 24.1 Å². The zero-order valence-electron chi connectivity index (χ0n) is 13.1. The molecule has 1 saturated heterocycles. The second-order valence-electron chi connectivity index (χ2n) is 5.81. The van der Waals surface area contributed by atoms with Gasteiger partial charge in [0.25, 0.3) is 0 Å². The second-order valence-corrected chi connectivity index (χ2v) is 5.81. The van der Waals surface area contributed by atoms with Crippen molar-refractivity contribution in [2.45, 2.75) is 31.5 Å². The predicted octanol–water partition coefficient (Wildman–Crippen LogP) is 2.38. The Morgan fingerprint density at radius 3 is 2.50 bits per heavy atom. The van der Waals surface area contributed by atoms with Gasteiger partial charge in [0, 0.05) is 20.0 Å². The van der Waals surface area contributed by atoms with Gasteiger partial charge >= 0.3 is 6.18 Å². The summed E-state index contributed by atoms with van der Waals surface area (Å²) in [7, 11) is 1.42. The van der Waals surface area contributed by atoms with E-state index in [1.807, 2.05) is 0 Å². The molecule has 1 heterocycles. The van der Waals surface area contributed by atoms with Crippen molar-refractivity contribution < 1.29 is 27.2 Å².